The Bertz CT molecular complexity index is 834. The third kappa shape index (κ3) is 9.02. The van der Waals surface area contributed by atoms with Gasteiger partial charge in [0.15, 0.2) is 0 Å². The highest BCUT2D eigenvalue weighted by atomic mass is 32.3. The van der Waals surface area contributed by atoms with E-state index in [1.807, 2.05) is 12.1 Å². The molecule has 0 heterocycles. The number of nitrogens with zero attached hydrogens (tertiary/aromatic N) is 1. The zero-order chi connectivity index (χ0) is 24.8. The molecule has 34 heavy (non-hydrogen) atoms. The van der Waals surface area contributed by atoms with Gasteiger partial charge in [-0.25, -0.2) is 0 Å². The van der Waals surface area contributed by atoms with E-state index in [2.05, 4.69) is 10.6 Å². The molecule has 2 aromatic carbocycles. The molecule has 0 aliphatic heterocycles. The van der Waals surface area contributed by atoms with Crippen molar-refractivity contribution in [1.29, 1.82) is 0 Å². The van der Waals surface area contributed by atoms with E-state index in [4.69, 9.17) is 0 Å². The molecule has 0 spiro atoms. The van der Waals surface area contributed by atoms with Crippen molar-refractivity contribution in [3.05, 3.63) is 71.8 Å². The van der Waals surface area contributed by atoms with Gasteiger partial charge < -0.3 is 20.8 Å². The summed E-state index contributed by atoms with van der Waals surface area (Å²) in [6.07, 6.45) is 0. The summed E-state index contributed by atoms with van der Waals surface area (Å²) >= 11 is -2.13. The number of aliphatic hydroxyl groups excluding tert-OH is 2. The van der Waals surface area contributed by atoms with Crippen LogP contribution in [-0.2, 0) is 4.79 Å². The second kappa shape index (κ2) is 15.4. The Morgan fingerprint density at radius 2 is 1.09 bits per heavy atom. The topological polar surface area (TPSA) is 119 Å². The van der Waals surface area contributed by atoms with Crippen molar-refractivity contribution < 1.29 is 24.6 Å². The minimum atomic E-state index is -1.07. The summed E-state index contributed by atoms with van der Waals surface area (Å²) in [5.41, 5.74) is 1.13. The second-order valence-corrected chi connectivity index (χ2v) is 12.3. The van der Waals surface area contributed by atoms with Crippen LogP contribution in [0.25, 0.3) is 0 Å². The quantitative estimate of drug-likeness (QED) is 0.216. The zero-order valence-corrected chi connectivity index (χ0v) is 21.2. The molecule has 10 heteroatoms. The summed E-state index contributed by atoms with van der Waals surface area (Å²) in [5.74, 6) is 1.44. The minimum absolute atomic E-state index is 0.0742. The van der Waals surface area contributed by atoms with Crippen molar-refractivity contribution in [2.45, 2.75) is 6.92 Å². The molecular weight excluding hydrogens is 474 g/mol. The molecule has 2 rings (SSSR count). The van der Waals surface area contributed by atoms with Crippen LogP contribution in [0.15, 0.2) is 60.7 Å². The van der Waals surface area contributed by atoms with Crippen LogP contribution in [0.5, 0.6) is 0 Å². The van der Waals surface area contributed by atoms with Gasteiger partial charge in [-0.1, -0.05) is 36.4 Å². The number of thiol groups is 2. The molecule has 0 saturated carbocycles. The van der Waals surface area contributed by atoms with Gasteiger partial charge in [0.25, 0.3) is 11.8 Å². The number of amides is 3. The number of carbonyl (C=O) groups is 3. The fourth-order valence-corrected chi connectivity index (χ4v) is 9.10. The summed E-state index contributed by atoms with van der Waals surface area (Å²) in [6.45, 7) is 2.08. The smallest absolute Gasteiger partial charge is 0.251 e. The van der Waals surface area contributed by atoms with Crippen LogP contribution >= 0.6 is 22.2 Å². The Morgan fingerprint density at radius 1 is 0.706 bits per heavy atom. The summed E-state index contributed by atoms with van der Waals surface area (Å²) in [6, 6.07) is 17.8. The molecule has 2 atom stereocenters. The van der Waals surface area contributed by atoms with Crippen molar-refractivity contribution in [2.75, 3.05) is 49.3 Å². The first-order valence-electron chi connectivity index (χ1n) is 11.2. The van der Waals surface area contributed by atoms with E-state index in [1.54, 1.807) is 52.2 Å². The highest BCUT2D eigenvalue weighted by Gasteiger charge is 2.24. The number of benzene rings is 2. The van der Waals surface area contributed by atoms with Crippen molar-refractivity contribution in [1.82, 2.24) is 14.3 Å². The third-order valence-corrected chi connectivity index (χ3v) is 11.0. The number of nitrogens with one attached hydrogen (secondary N) is 2. The summed E-state index contributed by atoms with van der Waals surface area (Å²) in [7, 11) is 0. The van der Waals surface area contributed by atoms with Gasteiger partial charge in [0.05, 0.1) is 13.2 Å². The van der Waals surface area contributed by atoms with Crippen LogP contribution in [0, 0.1) is 0 Å². The summed E-state index contributed by atoms with van der Waals surface area (Å²) in [5, 5.41) is 25.0. The molecule has 0 radical (unpaired) electrons. The molecule has 8 nitrogen and oxygen atoms in total. The fraction of sp³-hybridized carbons (Fsp3) is 0.375. The lowest BCUT2D eigenvalue weighted by Crippen LogP contribution is -2.35. The van der Waals surface area contributed by atoms with Gasteiger partial charge in [0.2, 0.25) is 5.91 Å². The first-order valence-corrected chi connectivity index (χ1v) is 14.5. The molecule has 0 saturated heterocycles. The highest BCUT2D eigenvalue weighted by Crippen LogP contribution is 2.45. The van der Waals surface area contributed by atoms with Gasteiger partial charge in [0.1, 0.15) is 0 Å². The van der Waals surface area contributed by atoms with E-state index in [-0.39, 0.29) is 30.9 Å². The maximum absolute atomic E-state index is 12.6. The molecule has 0 bridgehead atoms. The SMILES string of the molecule is CC(=O)N([SH](CCO)CCNC(=O)c1ccccc1)[SH](CCO)CCNC(=O)c1ccccc1. The van der Waals surface area contributed by atoms with Gasteiger partial charge in [-0.3, -0.25) is 18.1 Å². The van der Waals surface area contributed by atoms with Crippen molar-refractivity contribution >= 4 is 39.9 Å². The van der Waals surface area contributed by atoms with Crippen molar-refractivity contribution in [2.24, 2.45) is 0 Å². The van der Waals surface area contributed by atoms with Crippen molar-refractivity contribution in [3.63, 3.8) is 0 Å². The van der Waals surface area contributed by atoms with Crippen LogP contribution < -0.4 is 10.6 Å². The zero-order valence-electron chi connectivity index (χ0n) is 19.4. The van der Waals surface area contributed by atoms with Crippen molar-refractivity contribution in [3.8, 4) is 0 Å². The number of rotatable bonds is 14. The van der Waals surface area contributed by atoms with E-state index in [0.29, 0.717) is 47.2 Å². The lowest BCUT2D eigenvalue weighted by molar-refractivity contribution is -0.120. The Balaban J connectivity index is 1.99. The predicted octanol–water partition coefficient (Wildman–Crippen LogP) is 1.51. The average Bonchev–Trinajstić information content (AvgIpc) is 2.85. The summed E-state index contributed by atoms with van der Waals surface area (Å²) in [4.78, 5) is 37.3. The average molecular weight is 510 g/mol. The molecule has 0 aliphatic rings. The van der Waals surface area contributed by atoms with Gasteiger partial charge in [-0.05, 0) is 24.3 Å². The number of carbonyl (C=O) groups excluding carboxylic acids is 3. The Hall–Kier alpha value is -2.53. The van der Waals surface area contributed by atoms with Gasteiger partial charge in [-0.15, -0.1) is 0 Å². The normalized spacial score (nSPS) is 13.5. The largest absolute Gasteiger partial charge is 0.396 e. The fourth-order valence-electron chi connectivity index (χ4n) is 3.39. The molecule has 0 aromatic heterocycles. The molecule has 4 N–H and O–H groups in total. The van der Waals surface area contributed by atoms with E-state index >= 15 is 0 Å². The Morgan fingerprint density at radius 3 is 1.41 bits per heavy atom. The van der Waals surface area contributed by atoms with Crippen LogP contribution in [0.3, 0.4) is 0 Å². The molecule has 3 amide bonds. The van der Waals surface area contributed by atoms with E-state index in [9.17, 15) is 24.6 Å². The van der Waals surface area contributed by atoms with Crippen LogP contribution in [0.4, 0.5) is 0 Å². The van der Waals surface area contributed by atoms with E-state index in [1.165, 1.54) is 6.92 Å². The second-order valence-electron chi connectivity index (χ2n) is 7.41. The lowest BCUT2D eigenvalue weighted by atomic mass is 10.2. The maximum Gasteiger partial charge on any atom is 0.251 e. The first-order chi connectivity index (χ1) is 16.5. The number of aliphatic hydroxyl groups is 2. The van der Waals surface area contributed by atoms with Crippen LogP contribution in [-0.4, -0.2) is 81.0 Å². The molecular formula is C24H35N3O5S2. The highest BCUT2D eigenvalue weighted by molar-refractivity contribution is 8.29. The molecule has 0 aliphatic carbocycles. The molecule has 188 valence electrons. The molecule has 0 fully saturated rings. The van der Waals surface area contributed by atoms with Gasteiger partial charge in [-0.2, -0.15) is 22.2 Å². The number of hydrogen-bond acceptors (Lipinski definition) is 5. The number of hydrogen-bond donors (Lipinski definition) is 6. The van der Waals surface area contributed by atoms with Crippen LogP contribution in [0.2, 0.25) is 0 Å². The lowest BCUT2D eigenvalue weighted by Gasteiger charge is -2.42. The van der Waals surface area contributed by atoms with Gasteiger partial charge >= 0.3 is 0 Å². The Labute approximate surface area is 206 Å². The predicted molar refractivity (Wildman–Crippen MR) is 142 cm³/mol. The first kappa shape index (κ1) is 27.7. The maximum atomic E-state index is 12.6. The molecule has 2 aromatic rings. The Kier molecular flexibility index (Phi) is 12.5. The van der Waals surface area contributed by atoms with Gasteiger partial charge in [0, 0.05) is 54.2 Å². The summed E-state index contributed by atoms with van der Waals surface area (Å²) < 4.78 is 1.81. The standard InChI is InChI=1S/C24H35N3O5S2/c1-20(30)27(33(18-14-28)16-12-25-23(31)21-8-4-2-5-9-21)34(19-15-29)17-13-26-24(32)22-10-6-3-7-11-22/h2-11,28-29,33-34H,12-19H2,1H3,(H,25,31)(H,26,32). The minimum Gasteiger partial charge on any atom is -0.396 e. The van der Waals surface area contributed by atoms with Crippen LogP contribution in [0.1, 0.15) is 27.6 Å². The third-order valence-electron chi connectivity index (χ3n) is 4.92. The monoisotopic (exact) mass is 509 g/mol. The van der Waals surface area contributed by atoms with E-state index < -0.39 is 22.2 Å². The molecule has 2 unspecified atom stereocenters. The van der Waals surface area contributed by atoms with E-state index in [0.717, 1.165) is 0 Å².